The number of nitrogens with zero attached hydrogens (tertiary/aromatic N) is 1. The first-order valence-corrected chi connectivity index (χ1v) is 8.36. The number of nitrogens with one attached hydrogen (secondary N) is 1. The molecule has 4 heteroatoms. The fourth-order valence-corrected chi connectivity index (χ4v) is 2.99. The van der Waals surface area contributed by atoms with Crippen LogP contribution in [0.3, 0.4) is 0 Å². The maximum absolute atomic E-state index is 12.7. The van der Waals surface area contributed by atoms with E-state index in [1.807, 2.05) is 0 Å². The quantitative estimate of drug-likeness (QED) is 0.711. The lowest BCUT2D eigenvalue weighted by molar-refractivity contribution is -0.131. The SMILES string of the molecule is CCCC1NC(CC(C)C)N(CC(C)(C)CCOC)C1=O. The summed E-state index contributed by atoms with van der Waals surface area (Å²) in [6, 6.07) is 0.0111. The van der Waals surface area contributed by atoms with Gasteiger partial charge in [-0.25, -0.2) is 0 Å². The molecule has 0 aromatic carbocycles. The molecule has 0 aromatic heterocycles. The van der Waals surface area contributed by atoms with Gasteiger partial charge in [-0.05, 0) is 30.6 Å². The van der Waals surface area contributed by atoms with Gasteiger partial charge in [0.2, 0.25) is 5.91 Å². The smallest absolute Gasteiger partial charge is 0.241 e. The van der Waals surface area contributed by atoms with Gasteiger partial charge in [0.05, 0.1) is 12.2 Å². The van der Waals surface area contributed by atoms with E-state index in [9.17, 15) is 4.79 Å². The van der Waals surface area contributed by atoms with Crippen molar-refractivity contribution in [2.75, 3.05) is 20.3 Å². The molecule has 1 aliphatic heterocycles. The Bertz CT molecular complexity index is 329. The van der Waals surface area contributed by atoms with Crippen LogP contribution >= 0.6 is 0 Å². The van der Waals surface area contributed by atoms with Crippen LogP contribution in [0.2, 0.25) is 0 Å². The topological polar surface area (TPSA) is 41.6 Å². The van der Waals surface area contributed by atoms with Gasteiger partial charge in [-0.3, -0.25) is 10.1 Å². The summed E-state index contributed by atoms with van der Waals surface area (Å²) in [4.78, 5) is 14.8. The molecular formula is C17H34N2O2. The summed E-state index contributed by atoms with van der Waals surface area (Å²) in [5.41, 5.74) is 0.0870. The van der Waals surface area contributed by atoms with E-state index in [-0.39, 0.29) is 23.5 Å². The number of hydrogen-bond acceptors (Lipinski definition) is 3. The van der Waals surface area contributed by atoms with Gasteiger partial charge >= 0.3 is 0 Å². The van der Waals surface area contributed by atoms with Crippen LogP contribution in [-0.2, 0) is 9.53 Å². The van der Waals surface area contributed by atoms with E-state index < -0.39 is 0 Å². The van der Waals surface area contributed by atoms with E-state index in [0.717, 1.165) is 38.8 Å². The van der Waals surface area contributed by atoms with Crippen LogP contribution in [0.25, 0.3) is 0 Å². The van der Waals surface area contributed by atoms with Crippen molar-refractivity contribution >= 4 is 5.91 Å². The largest absolute Gasteiger partial charge is 0.385 e. The highest BCUT2D eigenvalue weighted by atomic mass is 16.5. The maximum Gasteiger partial charge on any atom is 0.241 e. The van der Waals surface area contributed by atoms with Crippen molar-refractivity contribution in [3.05, 3.63) is 0 Å². The van der Waals surface area contributed by atoms with Crippen LogP contribution in [0.5, 0.6) is 0 Å². The molecule has 1 fully saturated rings. The Labute approximate surface area is 130 Å². The van der Waals surface area contributed by atoms with Gasteiger partial charge < -0.3 is 9.64 Å². The number of amides is 1. The van der Waals surface area contributed by atoms with Gasteiger partial charge in [0.15, 0.2) is 0 Å². The average molecular weight is 298 g/mol. The normalized spacial score (nSPS) is 23.4. The summed E-state index contributed by atoms with van der Waals surface area (Å²) in [6.45, 7) is 12.6. The molecule has 1 heterocycles. The Morgan fingerprint density at radius 1 is 1.38 bits per heavy atom. The maximum atomic E-state index is 12.7. The second-order valence-electron chi connectivity index (χ2n) is 7.53. The van der Waals surface area contributed by atoms with Crippen LogP contribution in [0.15, 0.2) is 0 Å². The second-order valence-corrected chi connectivity index (χ2v) is 7.53. The predicted octanol–water partition coefficient (Wildman–Crippen LogP) is 3.02. The molecule has 1 rings (SSSR count). The molecule has 0 aliphatic carbocycles. The Hall–Kier alpha value is -0.610. The predicted molar refractivity (Wildman–Crippen MR) is 87.1 cm³/mol. The Kier molecular flexibility index (Phi) is 7.14. The van der Waals surface area contributed by atoms with Crippen LogP contribution in [0, 0.1) is 11.3 Å². The zero-order chi connectivity index (χ0) is 16.0. The molecule has 0 saturated carbocycles. The zero-order valence-corrected chi connectivity index (χ0v) is 14.7. The molecule has 0 aromatic rings. The summed E-state index contributed by atoms with van der Waals surface area (Å²) >= 11 is 0. The second kappa shape index (κ2) is 8.14. The van der Waals surface area contributed by atoms with Crippen LogP contribution in [-0.4, -0.2) is 43.3 Å². The number of hydrogen-bond donors (Lipinski definition) is 1. The molecule has 0 spiro atoms. The van der Waals surface area contributed by atoms with E-state index >= 15 is 0 Å². The van der Waals surface area contributed by atoms with Gasteiger partial charge in [-0.1, -0.05) is 41.0 Å². The molecule has 0 radical (unpaired) electrons. The first kappa shape index (κ1) is 18.4. The standard InChI is InChI=1S/C17H34N2O2/c1-7-8-14-16(20)19(15(18-14)11-13(2)3)12-17(4,5)9-10-21-6/h13-15,18H,7-12H2,1-6H3. The Morgan fingerprint density at radius 2 is 2.05 bits per heavy atom. The average Bonchev–Trinajstić information content (AvgIpc) is 2.65. The lowest BCUT2D eigenvalue weighted by Gasteiger charge is -2.34. The first-order chi connectivity index (χ1) is 9.80. The highest BCUT2D eigenvalue weighted by Crippen LogP contribution is 2.28. The van der Waals surface area contributed by atoms with Crippen LogP contribution in [0.4, 0.5) is 0 Å². The van der Waals surface area contributed by atoms with E-state index in [1.165, 1.54) is 0 Å². The van der Waals surface area contributed by atoms with Gasteiger partial charge in [-0.2, -0.15) is 0 Å². The third-order valence-electron chi connectivity index (χ3n) is 4.20. The third-order valence-corrected chi connectivity index (χ3v) is 4.20. The molecule has 2 unspecified atom stereocenters. The number of methoxy groups -OCH3 is 1. The summed E-state index contributed by atoms with van der Waals surface area (Å²) in [5, 5.41) is 3.55. The Balaban J connectivity index is 2.75. The lowest BCUT2D eigenvalue weighted by Crippen LogP contribution is -2.44. The van der Waals surface area contributed by atoms with Crippen molar-refractivity contribution in [2.24, 2.45) is 11.3 Å². The van der Waals surface area contributed by atoms with Gasteiger partial charge in [-0.15, -0.1) is 0 Å². The van der Waals surface area contributed by atoms with Crippen molar-refractivity contribution in [1.29, 1.82) is 0 Å². The third kappa shape index (κ3) is 5.59. The van der Waals surface area contributed by atoms with E-state index in [4.69, 9.17) is 4.74 Å². The number of carbonyl (C=O) groups excluding carboxylic acids is 1. The fraction of sp³-hybridized carbons (Fsp3) is 0.941. The minimum absolute atomic E-state index is 0.0111. The molecule has 21 heavy (non-hydrogen) atoms. The monoisotopic (exact) mass is 298 g/mol. The molecule has 2 atom stereocenters. The molecular weight excluding hydrogens is 264 g/mol. The van der Waals surface area contributed by atoms with Crippen molar-refractivity contribution in [3.8, 4) is 0 Å². The lowest BCUT2D eigenvalue weighted by atomic mass is 9.88. The number of rotatable bonds is 9. The number of carbonyl (C=O) groups is 1. The molecule has 0 bridgehead atoms. The first-order valence-electron chi connectivity index (χ1n) is 8.36. The molecule has 1 N–H and O–H groups in total. The fourth-order valence-electron chi connectivity index (χ4n) is 2.99. The van der Waals surface area contributed by atoms with Crippen LogP contribution < -0.4 is 5.32 Å². The zero-order valence-electron chi connectivity index (χ0n) is 14.7. The summed E-state index contributed by atoms with van der Waals surface area (Å²) in [5.74, 6) is 0.869. The molecule has 1 amide bonds. The van der Waals surface area contributed by atoms with E-state index in [1.54, 1.807) is 7.11 Å². The van der Waals surface area contributed by atoms with E-state index in [2.05, 4.69) is 44.8 Å². The van der Waals surface area contributed by atoms with Crippen molar-refractivity contribution in [3.63, 3.8) is 0 Å². The summed E-state index contributed by atoms with van der Waals surface area (Å²) in [6.07, 6.45) is 4.16. The molecule has 1 saturated heterocycles. The minimum atomic E-state index is 0.0111. The van der Waals surface area contributed by atoms with Gasteiger partial charge in [0.1, 0.15) is 0 Å². The molecule has 124 valence electrons. The number of ether oxygens (including phenoxy) is 1. The van der Waals surface area contributed by atoms with Gasteiger partial charge in [0, 0.05) is 20.3 Å². The van der Waals surface area contributed by atoms with E-state index in [0.29, 0.717) is 5.92 Å². The van der Waals surface area contributed by atoms with Crippen molar-refractivity contribution in [1.82, 2.24) is 10.2 Å². The highest BCUT2D eigenvalue weighted by molar-refractivity contribution is 5.84. The summed E-state index contributed by atoms with van der Waals surface area (Å²) in [7, 11) is 1.73. The van der Waals surface area contributed by atoms with Crippen molar-refractivity contribution < 1.29 is 9.53 Å². The molecule has 4 nitrogen and oxygen atoms in total. The highest BCUT2D eigenvalue weighted by Gasteiger charge is 2.40. The minimum Gasteiger partial charge on any atom is -0.385 e. The van der Waals surface area contributed by atoms with Crippen molar-refractivity contribution in [2.45, 2.75) is 72.5 Å². The Morgan fingerprint density at radius 3 is 2.57 bits per heavy atom. The summed E-state index contributed by atoms with van der Waals surface area (Å²) < 4.78 is 5.20. The van der Waals surface area contributed by atoms with Gasteiger partial charge in [0.25, 0.3) is 0 Å². The van der Waals surface area contributed by atoms with Crippen LogP contribution in [0.1, 0.15) is 60.3 Å². The molecule has 1 aliphatic rings.